The molecular formula is C24H27N5O2S. The summed E-state index contributed by atoms with van der Waals surface area (Å²) in [4.78, 5) is 29.3. The van der Waals surface area contributed by atoms with Crippen LogP contribution < -0.4 is 10.2 Å². The van der Waals surface area contributed by atoms with Gasteiger partial charge < -0.3 is 15.1 Å². The highest BCUT2D eigenvalue weighted by Crippen LogP contribution is 2.19. The first-order valence-electron chi connectivity index (χ1n) is 10.9. The SMILES string of the molecule is Cc1ccccc1NC(=O)c1nnc(CCCC(=O)N2CCN(c3ccccc3)CC2)s1. The Morgan fingerprint density at radius 2 is 1.69 bits per heavy atom. The van der Waals surface area contributed by atoms with Crippen LogP contribution in [0, 0.1) is 6.92 Å². The largest absolute Gasteiger partial charge is 0.368 e. The minimum Gasteiger partial charge on any atom is -0.368 e. The molecule has 1 fully saturated rings. The van der Waals surface area contributed by atoms with E-state index in [-0.39, 0.29) is 11.8 Å². The van der Waals surface area contributed by atoms with Gasteiger partial charge in [0.25, 0.3) is 5.91 Å². The molecule has 0 aliphatic carbocycles. The molecule has 2 heterocycles. The maximum atomic E-state index is 12.6. The maximum absolute atomic E-state index is 12.6. The molecule has 1 N–H and O–H groups in total. The first kappa shape index (κ1) is 22.0. The number of hydrogen-bond acceptors (Lipinski definition) is 6. The van der Waals surface area contributed by atoms with Crippen molar-refractivity contribution in [3.63, 3.8) is 0 Å². The summed E-state index contributed by atoms with van der Waals surface area (Å²) >= 11 is 1.29. The highest BCUT2D eigenvalue weighted by atomic mass is 32.1. The first-order valence-corrected chi connectivity index (χ1v) is 11.7. The fourth-order valence-electron chi connectivity index (χ4n) is 3.74. The number of amides is 2. The average molecular weight is 450 g/mol. The van der Waals surface area contributed by atoms with Crippen molar-refractivity contribution in [3.05, 3.63) is 70.2 Å². The number of para-hydroxylation sites is 2. The van der Waals surface area contributed by atoms with Gasteiger partial charge in [0, 0.05) is 50.4 Å². The number of benzene rings is 2. The standard InChI is InChI=1S/C24H27N5O2S/c1-18-8-5-6-11-20(18)25-23(31)24-27-26-21(32-24)12-7-13-22(30)29-16-14-28(15-17-29)19-9-3-2-4-10-19/h2-6,8-11H,7,12-17H2,1H3,(H,25,31). The van der Waals surface area contributed by atoms with E-state index in [1.807, 2.05) is 54.3 Å². The summed E-state index contributed by atoms with van der Waals surface area (Å²) in [6.07, 6.45) is 1.83. The average Bonchev–Trinajstić information content (AvgIpc) is 3.30. The van der Waals surface area contributed by atoms with Crippen LogP contribution in [-0.2, 0) is 11.2 Å². The van der Waals surface area contributed by atoms with Crippen molar-refractivity contribution < 1.29 is 9.59 Å². The van der Waals surface area contributed by atoms with Crippen LogP contribution in [0.4, 0.5) is 11.4 Å². The number of carbonyl (C=O) groups excluding carboxylic acids is 2. The topological polar surface area (TPSA) is 78.4 Å². The van der Waals surface area contributed by atoms with Crippen molar-refractivity contribution in [2.24, 2.45) is 0 Å². The number of rotatable bonds is 7. The molecule has 1 aliphatic rings. The lowest BCUT2D eigenvalue weighted by Gasteiger charge is -2.36. The van der Waals surface area contributed by atoms with E-state index in [2.05, 4.69) is 32.5 Å². The van der Waals surface area contributed by atoms with Crippen molar-refractivity contribution >= 4 is 34.5 Å². The number of piperazine rings is 1. The van der Waals surface area contributed by atoms with Crippen LogP contribution in [0.25, 0.3) is 0 Å². The Bertz CT molecular complexity index is 1060. The van der Waals surface area contributed by atoms with Gasteiger partial charge in [-0.15, -0.1) is 10.2 Å². The monoisotopic (exact) mass is 449 g/mol. The summed E-state index contributed by atoms with van der Waals surface area (Å²) in [6, 6.07) is 17.9. The zero-order valence-corrected chi connectivity index (χ0v) is 19.0. The van der Waals surface area contributed by atoms with E-state index in [1.54, 1.807) is 0 Å². The van der Waals surface area contributed by atoms with Gasteiger partial charge in [0.2, 0.25) is 10.9 Å². The zero-order valence-electron chi connectivity index (χ0n) is 18.2. The summed E-state index contributed by atoms with van der Waals surface area (Å²) in [7, 11) is 0. The van der Waals surface area contributed by atoms with Crippen molar-refractivity contribution in [1.29, 1.82) is 0 Å². The lowest BCUT2D eigenvalue weighted by atomic mass is 10.2. The molecule has 0 spiro atoms. The number of aromatic nitrogens is 2. The van der Waals surface area contributed by atoms with Gasteiger partial charge in [0.15, 0.2) is 0 Å². The van der Waals surface area contributed by atoms with Gasteiger partial charge in [-0.25, -0.2) is 0 Å². The number of hydrogen-bond donors (Lipinski definition) is 1. The minimum absolute atomic E-state index is 0.180. The molecule has 1 saturated heterocycles. The quantitative estimate of drug-likeness (QED) is 0.594. The molecule has 1 aliphatic heterocycles. The van der Waals surface area contributed by atoms with Crippen LogP contribution in [0.2, 0.25) is 0 Å². The normalized spacial score (nSPS) is 13.8. The molecule has 0 radical (unpaired) electrons. The molecule has 166 valence electrons. The van der Waals surface area contributed by atoms with Gasteiger partial charge >= 0.3 is 0 Å². The van der Waals surface area contributed by atoms with Gasteiger partial charge in [-0.2, -0.15) is 0 Å². The molecule has 1 aromatic heterocycles. The van der Waals surface area contributed by atoms with Gasteiger partial charge in [-0.05, 0) is 37.1 Å². The van der Waals surface area contributed by atoms with Crippen molar-refractivity contribution in [2.75, 3.05) is 36.4 Å². The fraction of sp³-hybridized carbons (Fsp3) is 0.333. The number of nitrogens with zero attached hydrogens (tertiary/aromatic N) is 4. The van der Waals surface area contributed by atoms with E-state index >= 15 is 0 Å². The van der Waals surface area contributed by atoms with E-state index in [0.717, 1.165) is 42.4 Å². The Morgan fingerprint density at radius 3 is 2.44 bits per heavy atom. The fourth-order valence-corrected chi connectivity index (χ4v) is 4.51. The number of nitrogens with one attached hydrogen (secondary N) is 1. The summed E-state index contributed by atoms with van der Waals surface area (Å²) in [5.41, 5.74) is 2.97. The predicted octanol–water partition coefficient (Wildman–Crippen LogP) is 3.77. The number of anilines is 2. The van der Waals surface area contributed by atoms with E-state index in [4.69, 9.17) is 0 Å². The van der Waals surface area contributed by atoms with E-state index in [9.17, 15) is 9.59 Å². The van der Waals surface area contributed by atoms with Crippen LogP contribution >= 0.6 is 11.3 Å². The molecule has 32 heavy (non-hydrogen) atoms. The highest BCUT2D eigenvalue weighted by Gasteiger charge is 2.21. The van der Waals surface area contributed by atoms with Crippen LogP contribution in [-0.4, -0.2) is 53.1 Å². The molecule has 0 atom stereocenters. The van der Waals surface area contributed by atoms with Crippen molar-refractivity contribution in [3.8, 4) is 0 Å². The third-order valence-electron chi connectivity index (χ3n) is 5.59. The smallest absolute Gasteiger partial charge is 0.286 e. The molecule has 4 rings (SSSR count). The van der Waals surface area contributed by atoms with Gasteiger partial charge in [-0.3, -0.25) is 9.59 Å². The van der Waals surface area contributed by atoms with E-state index in [0.29, 0.717) is 24.3 Å². The van der Waals surface area contributed by atoms with E-state index in [1.165, 1.54) is 17.0 Å². The van der Waals surface area contributed by atoms with Crippen molar-refractivity contribution in [1.82, 2.24) is 15.1 Å². The van der Waals surface area contributed by atoms with Crippen LogP contribution in [0.3, 0.4) is 0 Å². The van der Waals surface area contributed by atoms with Crippen LogP contribution in [0.15, 0.2) is 54.6 Å². The second kappa shape index (κ2) is 10.4. The lowest BCUT2D eigenvalue weighted by molar-refractivity contribution is -0.131. The molecule has 7 nitrogen and oxygen atoms in total. The molecule has 2 aromatic carbocycles. The Morgan fingerprint density at radius 1 is 0.969 bits per heavy atom. The molecular weight excluding hydrogens is 422 g/mol. The molecule has 8 heteroatoms. The minimum atomic E-state index is -0.254. The Labute approximate surface area is 192 Å². The molecule has 0 unspecified atom stereocenters. The van der Waals surface area contributed by atoms with Crippen molar-refractivity contribution in [2.45, 2.75) is 26.2 Å². The predicted molar refractivity (Wildman–Crippen MR) is 127 cm³/mol. The number of aryl methyl sites for hydroxylation is 2. The highest BCUT2D eigenvalue weighted by molar-refractivity contribution is 7.13. The van der Waals surface area contributed by atoms with Crippen LogP contribution in [0.5, 0.6) is 0 Å². The van der Waals surface area contributed by atoms with Gasteiger partial charge in [0.05, 0.1) is 0 Å². The summed E-state index contributed by atoms with van der Waals surface area (Å²) in [5.74, 6) is -0.0739. The summed E-state index contributed by atoms with van der Waals surface area (Å²) in [5, 5.41) is 12.1. The Kier molecular flexibility index (Phi) is 7.11. The van der Waals surface area contributed by atoms with E-state index < -0.39 is 0 Å². The molecule has 2 amide bonds. The zero-order chi connectivity index (χ0) is 22.3. The summed E-state index contributed by atoms with van der Waals surface area (Å²) in [6.45, 7) is 5.14. The second-order valence-electron chi connectivity index (χ2n) is 7.83. The lowest BCUT2D eigenvalue weighted by Crippen LogP contribution is -2.48. The second-order valence-corrected chi connectivity index (χ2v) is 8.89. The molecule has 3 aromatic rings. The van der Waals surface area contributed by atoms with Gasteiger partial charge in [0.1, 0.15) is 5.01 Å². The van der Waals surface area contributed by atoms with Gasteiger partial charge in [-0.1, -0.05) is 47.7 Å². The third kappa shape index (κ3) is 5.50. The molecule has 0 bridgehead atoms. The first-order chi connectivity index (χ1) is 15.6. The Hall–Kier alpha value is -3.26. The Balaban J connectivity index is 1.20. The summed E-state index contributed by atoms with van der Waals surface area (Å²) < 4.78 is 0. The number of carbonyl (C=O) groups is 2. The van der Waals surface area contributed by atoms with Crippen LogP contribution in [0.1, 0.15) is 33.2 Å². The third-order valence-corrected chi connectivity index (χ3v) is 6.57. The molecule has 0 saturated carbocycles. The maximum Gasteiger partial charge on any atom is 0.286 e.